The fraction of sp³-hybridized carbons (Fsp3) is 0.308. The van der Waals surface area contributed by atoms with Crippen molar-refractivity contribution in [1.29, 1.82) is 0 Å². The van der Waals surface area contributed by atoms with Gasteiger partial charge in [-0.1, -0.05) is 17.7 Å². The Bertz CT molecular complexity index is 613. The minimum atomic E-state index is -0.571. The maximum atomic E-state index is 12.1. The highest BCUT2D eigenvalue weighted by Gasteiger charge is 2.20. The van der Waals surface area contributed by atoms with Crippen molar-refractivity contribution in [2.24, 2.45) is 0 Å². The summed E-state index contributed by atoms with van der Waals surface area (Å²) in [5.41, 5.74) is 0.411. The number of aromatic nitrogens is 1. The molecule has 92 valence electrons. The number of ether oxygens (including phenoxy) is 1. The fourth-order valence-electron chi connectivity index (χ4n) is 1.71. The number of hydrogen-bond acceptors (Lipinski definition) is 2. The molecule has 2 radical (unpaired) electrons. The molecule has 0 aliphatic heterocycles. The number of carbonyl (C=O) groups excluding carboxylic acids is 1. The molecule has 2 rings (SSSR count). The second-order valence-corrected chi connectivity index (χ2v) is 5.52. The highest BCUT2D eigenvalue weighted by molar-refractivity contribution is 6.35. The van der Waals surface area contributed by atoms with Crippen molar-refractivity contribution < 1.29 is 9.53 Å². The first-order valence-corrected chi connectivity index (χ1v) is 5.95. The summed E-state index contributed by atoms with van der Waals surface area (Å²) in [5, 5.41) is 1.40. The van der Waals surface area contributed by atoms with E-state index in [0.717, 1.165) is 5.39 Å². The van der Waals surface area contributed by atoms with Gasteiger partial charge in [0.05, 0.1) is 5.52 Å². The number of benzene rings is 1. The Labute approximate surface area is 112 Å². The third-order valence-corrected chi connectivity index (χ3v) is 2.61. The number of fused-ring (bicyclic) bond motifs is 1. The van der Waals surface area contributed by atoms with Gasteiger partial charge in [0.15, 0.2) is 0 Å². The highest BCUT2D eigenvalue weighted by Crippen LogP contribution is 2.20. The van der Waals surface area contributed by atoms with E-state index in [-0.39, 0.29) is 0 Å². The van der Waals surface area contributed by atoms with Gasteiger partial charge >= 0.3 is 6.09 Å². The molecule has 0 fully saturated rings. The van der Waals surface area contributed by atoms with Gasteiger partial charge < -0.3 is 4.74 Å². The largest absolute Gasteiger partial charge is 0.443 e. The molecule has 18 heavy (non-hydrogen) atoms. The van der Waals surface area contributed by atoms with E-state index in [0.29, 0.717) is 16.1 Å². The molecular formula is C13H13BClNO2. The number of nitrogens with zero attached hydrogens (tertiary/aromatic N) is 1. The first kappa shape index (κ1) is 13.0. The predicted molar refractivity (Wildman–Crippen MR) is 74.0 cm³/mol. The van der Waals surface area contributed by atoms with E-state index < -0.39 is 11.7 Å². The Morgan fingerprint density at radius 2 is 2.00 bits per heavy atom. The Morgan fingerprint density at radius 1 is 1.33 bits per heavy atom. The van der Waals surface area contributed by atoms with Gasteiger partial charge in [-0.15, -0.1) is 0 Å². The summed E-state index contributed by atoms with van der Waals surface area (Å²) < 4.78 is 6.64. The van der Waals surface area contributed by atoms with Crippen molar-refractivity contribution >= 4 is 42.0 Å². The summed E-state index contributed by atoms with van der Waals surface area (Å²) in [6.45, 7) is 5.42. The van der Waals surface area contributed by atoms with E-state index >= 15 is 0 Å². The Morgan fingerprint density at radius 3 is 2.61 bits per heavy atom. The van der Waals surface area contributed by atoms with Crippen LogP contribution in [0.15, 0.2) is 24.3 Å². The van der Waals surface area contributed by atoms with Crippen LogP contribution in [0.3, 0.4) is 0 Å². The molecule has 0 spiro atoms. The molecule has 1 aromatic carbocycles. The summed E-state index contributed by atoms with van der Waals surface area (Å²) >= 11 is 5.93. The molecule has 1 aromatic heterocycles. The van der Waals surface area contributed by atoms with E-state index in [1.807, 2.05) is 6.07 Å². The first-order valence-electron chi connectivity index (χ1n) is 5.58. The molecule has 2 aromatic rings. The number of carbonyl (C=O) groups is 1. The fourth-order valence-corrected chi connectivity index (χ4v) is 1.87. The van der Waals surface area contributed by atoms with Crippen LogP contribution in [0.5, 0.6) is 0 Å². The lowest BCUT2D eigenvalue weighted by atomic mass is 10.1. The standard InChI is InChI=1S/C13H13BClNO2/c1-13(2,3)18-12(17)16-10-7-9(15)5-4-8(10)6-11(16)14/h4-7H,1-3H3. The normalized spacial score (nSPS) is 11.8. The van der Waals surface area contributed by atoms with Crippen molar-refractivity contribution in [2.75, 3.05) is 0 Å². The Balaban J connectivity index is 2.53. The van der Waals surface area contributed by atoms with E-state index in [1.54, 1.807) is 39.0 Å². The molecule has 0 aliphatic rings. The van der Waals surface area contributed by atoms with Crippen LogP contribution >= 0.6 is 11.6 Å². The monoisotopic (exact) mass is 261 g/mol. The van der Waals surface area contributed by atoms with Gasteiger partial charge in [0.2, 0.25) is 0 Å². The van der Waals surface area contributed by atoms with Crippen LogP contribution in [0.1, 0.15) is 20.8 Å². The van der Waals surface area contributed by atoms with Crippen LogP contribution in [0, 0.1) is 0 Å². The zero-order valence-corrected chi connectivity index (χ0v) is 11.3. The van der Waals surface area contributed by atoms with Crippen molar-refractivity contribution in [2.45, 2.75) is 26.4 Å². The van der Waals surface area contributed by atoms with Gasteiger partial charge in [-0.05, 0) is 49.9 Å². The molecule has 0 bridgehead atoms. The van der Waals surface area contributed by atoms with Crippen molar-refractivity contribution in [3.63, 3.8) is 0 Å². The minimum absolute atomic E-state index is 0.335. The van der Waals surface area contributed by atoms with Gasteiger partial charge in [-0.25, -0.2) is 4.79 Å². The molecule has 0 saturated heterocycles. The maximum absolute atomic E-state index is 12.1. The molecule has 0 N–H and O–H groups in total. The topological polar surface area (TPSA) is 31.2 Å². The summed E-state index contributed by atoms with van der Waals surface area (Å²) in [5.74, 6) is 0. The number of halogens is 1. The maximum Gasteiger partial charge on any atom is 0.418 e. The van der Waals surface area contributed by atoms with Gasteiger partial charge in [0.1, 0.15) is 13.4 Å². The van der Waals surface area contributed by atoms with Crippen molar-refractivity contribution in [1.82, 2.24) is 4.57 Å². The van der Waals surface area contributed by atoms with Crippen molar-refractivity contribution in [3.05, 3.63) is 29.3 Å². The second-order valence-electron chi connectivity index (χ2n) is 5.09. The predicted octanol–water partition coefficient (Wildman–Crippen LogP) is 2.87. The zero-order valence-electron chi connectivity index (χ0n) is 10.5. The molecule has 0 amide bonds. The SMILES string of the molecule is [B]c1cc2ccc(Cl)cc2n1C(=O)OC(C)(C)C. The third-order valence-electron chi connectivity index (χ3n) is 2.37. The van der Waals surface area contributed by atoms with Crippen LogP contribution in [0.25, 0.3) is 10.9 Å². The van der Waals surface area contributed by atoms with Crippen LogP contribution in [-0.2, 0) is 4.74 Å². The average Bonchev–Trinajstić information content (AvgIpc) is 2.50. The zero-order chi connectivity index (χ0) is 13.5. The van der Waals surface area contributed by atoms with E-state index in [2.05, 4.69) is 0 Å². The molecule has 0 unspecified atom stereocenters. The Hall–Kier alpha value is -1.42. The van der Waals surface area contributed by atoms with Gasteiger partial charge in [0.25, 0.3) is 0 Å². The van der Waals surface area contributed by atoms with Gasteiger partial charge in [-0.3, -0.25) is 4.57 Å². The van der Waals surface area contributed by atoms with E-state index in [1.165, 1.54) is 4.57 Å². The van der Waals surface area contributed by atoms with Gasteiger partial charge in [-0.2, -0.15) is 0 Å². The van der Waals surface area contributed by atoms with Crippen LogP contribution < -0.4 is 5.59 Å². The smallest absolute Gasteiger partial charge is 0.418 e. The molecule has 1 heterocycles. The van der Waals surface area contributed by atoms with Gasteiger partial charge in [0, 0.05) is 5.02 Å². The molecule has 3 nitrogen and oxygen atoms in total. The average molecular weight is 262 g/mol. The van der Waals surface area contributed by atoms with Crippen LogP contribution in [0.4, 0.5) is 4.79 Å². The molecule has 5 heteroatoms. The summed E-state index contributed by atoms with van der Waals surface area (Å²) in [7, 11) is 5.84. The summed E-state index contributed by atoms with van der Waals surface area (Å²) in [6, 6.07) is 6.98. The summed E-state index contributed by atoms with van der Waals surface area (Å²) in [4.78, 5) is 12.1. The molecule has 0 aliphatic carbocycles. The van der Waals surface area contributed by atoms with Crippen LogP contribution in [-0.4, -0.2) is 24.1 Å². The van der Waals surface area contributed by atoms with E-state index in [9.17, 15) is 4.79 Å². The lowest BCUT2D eigenvalue weighted by molar-refractivity contribution is 0.0549. The lowest BCUT2D eigenvalue weighted by Gasteiger charge is -2.20. The number of rotatable bonds is 0. The molecular weight excluding hydrogens is 248 g/mol. The van der Waals surface area contributed by atoms with Crippen LogP contribution in [0.2, 0.25) is 5.02 Å². The molecule has 0 saturated carbocycles. The highest BCUT2D eigenvalue weighted by atomic mass is 35.5. The quantitative estimate of drug-likeness (QED) is 0.683. The molecule has 0 atom stereocenters. The number of hydrogen-bond donors (Lipinski definition) is 0. The first-order chi connectivity index (χ1) is 8.28. The Kier molecular flexibility index (Phi) is 3.15. The minimum Gasteiger partial charge on any atom is -0.443 e. The summed E-state index contributed by atoms with van der Waals surface area (Å²) in [6.07, 6.45) is -0.503. The lowest BCUT2D eigenvalue weighted by Crippen LogP contribution is -2.32. The van der Waals surface area contributed by atoms with E-state index in [4.69, 9.17) is 24.2 Å². The third kappa shape index (κ3) is 2.54. The second kappa shape index (κ2) is 4.36. The van der Waals surface area contributed by atoms with Crippen molar-refractivity contribution in [3.8, 4) is 0 Å².